The number of fused-ring (bicyclic) bond motifs is 1. The number of Topliss-reactive ketones (excluding diaryl/α,β-unsaturated/α-hetero) is 1. The SMILES string of the molecule is CCOC(=O)c1ccc(NC(=O)c2cc3c(n(-c4ccc(Cl)cc4)c2=O)CCCC3=O)cc1. The minimum absolute atomic E-state index is 0.105. The van der Waals surface area contributed by atoms with Crippen molar-refractivity contribution in [3.8, 4) is 5.69 Å². The Hall–Kier alpha value is -3.71. The van der Waals surface area contributed by atoms with Crippen molar-refractivity contribution < 1.29 is 19.1 Å². The lowest BCUT2D eigenvalue weighted by Crippen LogP contribution is -2.33. The van der Waals surface area contributed by atoms with Crippen molar-refractivity contribution in [2.24, 2.45) is 0 Å². The highest BCUT2D eigenvalue weighted by atomic mass is 35.5. The molecule has 0 bridgehead atoms. The van der Waals surface area contributed by atoms with Crippen LogP contribution >= 0.6 is 11.6 Å². The average molecular weight is 465 g/mol. The maximum atomic E-state index is 13.4. The van der Waals surface area contributed by atoms with Gasteiger partial charge in [-0.3, -0.25) is 19.0 Å². The van der Waals surface area contributed by atoms with Crippen molar-refractivity contribution in [3.05, 3.63) is 92.4 Å². The second kappa shape index (κ2) is 9.42. The van der Waals surface area contributed by atoms with Crippen LogP contribution in [0.15, 0.2) is 59.4 Å². The summed E-state index contributed by atoms with van der Waals surface area (Å²) in [5.74, 6) is -1.21. The largest absolute Gasteiger partial charge is 0.462 e. The number of ketones is 1. The van der Waals surface area contributed by atoms with Crippen LogP contribution in [0.2, 0.25) is 5.02 Å². The lowest BCUT2D eigenvalue weighted by Gasteiger charge is -2.21. The number of nitrogens with zero attached hydrogens (tertiary/aromatic N) is 1. The first-order chi connectivity index (χ1) is 15.9. The molecule has 3 aromatic rings. The number of carbonyl (C=O) groups is 3. The molecule has 0 spiro atoms. The molecule has 0 unspecified atom stereocenters. The minimum Gasteiger partial charge on any atom is -0.462 e. The topological polar surface area (TPSA) is 94.5 Å². The van der Waals surface area contributed by atoms with Gasteiger partial charge in [0.15, 0.2) is 5.78 Å². The Kier molecular flexibility index (Phi) is 6.42. The van der Waals surface area contributed by atoms with E-state index in [0.29, 0.717) is 52.5 Å². The fraction of sp³-hybridized carbons (Fsp3) is 0.200. The van der Waals surface area contributed by atoms with Crippen molar-refractivity contribution >= 4 is 34.9 Å². The predicted molar refractivity (Wildman–Crippen MR) is 125 cm³/mol. The fourth-order valence-corrected chi connectivity index (χ4v) is 3.95. The third-order valence-corrected chi connectivity index (χ3v) is 5.66. The van der Waals surface area contributed by atoms with Crippen molar-refractivity contribution in [1.82, 2.24) is 4.57 Å². The van der Waals surface area contributed by atoms with Crippen LogP contribution in [0.1, 0.15) is 56.5 Å². The highest BCUT2D eigenvalue weighted by Gasteiger charge is 2.26. The number of hydrogen-bond acceptors (Lipinski definition) is 5. The van der Waals surface area contributed by atoms with Gasteiger partial charge in [-0.2, -0.15) is 0 Å². The number of nitrogens with one attached hydrogen (secondary N) is 1. The van der Waals surface area contributed by atoms with Crippen LogP contribution < -0.4 is 10.9 Å². The molecule has 0 aliphatic heterocycles. The third kappa shape index (κ3) is 4.59. The van der Waals surface area contributed by atoms with E-state index in [4.69, 9.17) is 16.3 Å². The Morgan fingerprint density at radius 3 is 2.39 bits per heavy atom. The standard InChI is InChI=1S/C25H21ClN2O5/c1-2-33-25(32)15-6-10-17(11-7-15)27-23(30)20-14-19-21(4-3-5-22(19)29)28(24(20)31)18-12-8-16(26)9-13-18/h6-14H,2-5H2,1H3,(H,27,30). The van der Waals surface area contributed by atoms with E-state index in [0.717, 1.165) is 0 Å². The molecule has 0 atom stereocenters. The number of aromatic nitrogens is 1. The van der Waals surface area contributed by atoms with Gasteiger partial charge in [0.1, 0.15) is 5.56 Å². The zero-order chi connectivity index (χ0) is 23.5. The van der Waals surface area contributed by atoms with E-state index in [1.54, 1.807) is 43.3 Å². The van der Waals surface area contributed by atoms with Crippen LogP contribution in [0.3, 0.4) is 0 Å². The number of carbonyl (C=O) groups excluding carboxylic acids is 3. The van der Waals surface area contributed by atoms with Gasteiger partial charge >= 0.3 is 5.97 Å². The minimum atomic E-state index is -0.646. The molecule has 1 aliphatic rings. The lowest BCUT2D eigenvalue weighted by atomic mass is 9.92. The molecule has 168 valence electrons. The van der Waals surface area contributed by atoms with Crippen molar-refractivity contribution in [3.63, 3.8) is 0 Å². The Morgan fingerprint density at radius 1 is 1.03 bits per heavy atom. The van der Waals surface area contributed by atoms with Crippen molar-refractivity contribution in [2.75, 3.05) is 11.9 Å². The highest BCUT2D eigenvalue weighted by Crippen LogP contribution is 2.24. The van der Waals surface area contributed by atoms with Crippen LogP contribution in [0, 0.1) is 0 Å². The van der Waals surface area contributed by atoms with Gasteiger partial charge in [0.05, 0.1) is 12.2 Å². The summed E-state index contributed by atoms with van der Waals surface area (Å²) in [6.07, 6.45) is 1.55. The van der Waals surface area contributed by atoms with Crippen molar-refractivity contribution in [2.45, 2.75) is 26.2 Å². The number of esters is 1. The molecular weight excluding hydrogens is 444 g/mol. The van der Waals surface area contributed by atoms with Gasteiger partial charge in [-0.05, 0) is 74.4 Å². The number of rotatable bonds is 5. The smallest absolute Gasteiger partial charge is 0.338 e. The number of benzene rings is 2. The van der Waals surface area contributed by atoms with Gasteiger partial charge in [-0.1, -0.05) is 11.6 Å². The van der Waals surface area contributed by atoms with E-state index in [1.807, 2.05) is 0 Å². The highest BCUT2D eigenvalue weighted by molar-refractivity contribution is 6.30. The maximum absolute atomic E-state index is 13.4. The number of halogens is 1. The van der Waals surface area contributed by atoms with Gasteiger partial charge in [0.2, 0.25) is 0 Å². The maximum Gasteiger partial charge on any atom is 0.338 e. The summed E-state index contributed by atoms with van der Waals surface area (Å²) >= 11 is 5.99. The quantitative estimate of drug-likeness (QED) is 0.563. The molecular formula is C25H21ClN2O5. The van der Waals surface area contributed by atoms with Gasteiger partial charge in [-0.25, -0.2) is 4.79 Å². The van der Waals surface area contributed by atoms with Crippen molar-refractivity contribution in [1.29, 1.82) is 0 Å². The van der Waals surface area contributed by atoms with Crippen LogP contribution in [0.4, 0.5) is 5.69 Å². The summed E-state index contributed by atoms with van der Waals surface area (Å²) in [6, 6.07) is 14.2. The summed E-state index contributed by atoms with van der Waals surface area (Å²) in [4.78, 5) is 50.8. The Bertz CT molecular complexity index is 1290. The number of pyridine rings is 1. The Balaban J connectivity index is 1.72. The van der Waals surface area contributed by atoms with E-state index in [2.05, 4.69) is 5.32 Å². The summed E-state index contributed by atoms with van der Waals surface area (Å²) in [5, 5.41) is 3.18. The van der Waals surface area contributed by atoms with E-state index < -0.39 is 17.4 Å². The molecule has 0 fully saturated rings. The molecule has 1 aliphatic carbocycles. The second-order valence-electron chi connectivity index (χ2n) is 7.56. The van der Waals surface area contributed by atoms with Crippen LogP contribution in [0.5, 0.6) is 0 Å². The fourth-order valence-electron chi connectivity index (χ4n) is 3.82. The molecule has 0 saturated carbocycles. The zero-order valence-corrected chi connectivity index (χ0v) is 18.6. The summed E-state index contributed by atoms with van der Waals surface area (Å²) in [5.41, 5.74) is 1.57. The molecule has 2 aromatic carbocycles. The molecule has 1 amide bonds. The summed E-state index contributed by atoms with van der Waals surface area (Å²) < 4.78 is 6.37. The first-order valence-corrected chi connectivity index (χ1v) is 10.9. The molecule has 33 heavy (non-hydrogen) atoms. The number of ether oxygens (including phenoxy) is 1. The molecule has 7 nitrogen and oxygen atoms in total. The molecule has 4 rings (SSSR count). The first-order valence-electron chi connectivity index (χ1n) is 10.6. The second-order valence-corrected chi connectivity index (χ2v) is 8.00. The average Bonchev–Trinajstić information content (AvgIpc) is 2.80. The number of hydrogen-bond donors (Lipinski definition) is 1. The normalized spacial score (nSPS) is 12.7. The predicted octanol–water partition coefficient (Wildman–Crippen LogP) is 4.44. The molecule has 0 radical (unpaired) electrons. The summed E-state index contributed by atoms with van der Waals surface area (Å²) in [6.45, 7) is 1.97. The van der Waals surface area contributed by atoms with Gasteiger partial charge in [-0.15, -0.1) is 0 Å². The van der Waals surface area contributed by atoms with Gasteiger partial charge in [0.25, 0.3) is 11.5 Å². The zero-order valence-electron chi connectivity index (χ0n) is 17.9. The molecule has 1 heterocycles. The van der Waals surface area contributed by atoms with Gasteiger partial charge < -0.3 is 10.1 Å². The lowest BCUT2D eigenvalue weighted by molar-refractivity contribution is 0.0526. The Labute approximate surface area is 195 Å². The van der Waals surface area contributed by atoms with E-state index in [1.165, 1.54) is 22.8 Å². The Morgan fingerprint density at radius 2 is 1.73 bits per heavy atom. The number of amides is 1. The van der Waals surface area contributed by atoms with Crippen LogP contribution in [-0.2, 0) is 11.2 Å². The van der Waals surface area contributed by atoms with Gasteiger partial charge in [0, 0.05) is 34.1 Å². The molecule has 8 heteroatoms. The van der Waals surface area contributed by atoms with Crippen LogP contribution in [-0.4, -0.2) is 28.8 Å². The van der Waals surface area contributed by atoms with E-state index in [9.17, 15) is 19.2 Å². The molecule has 0 saturated heterocycles. The van der Waals surface area contributed by atoms with E-state index in [-0.39, 0.29) is 18.0 Å². The number of anilines is 1. The molecule has 1 N–H and O–H groups in total. The molecule has 1 aromatic heterocycles. The monoisotopic (exact) mass is 464 g/mol. The summed E-state index contributed by atoms with van der Waals surface area (Å²) in [7, 11) is 0. The third-order valence-electron chi connectivity index (χ3n) is 5.40. The van der Waals surface area contributed by atoms with E-state index >= 15 is 0 Å². The van der Waals surface area contributed by atoms with Crippen LogP contribution in [0.25, 0.3) is 5.69 Å². The first kappa shape index (κ1) is 22.5.